The van der Waals surface area contributed by atoms with Crippen LogP contribution in [0.2, 0.25) is 0 Å². The highest BCUT2D eigenvalue weighted by molar-refractivity contribution is 7.99. The van der Waals surface area contributed by atoms with Crippen LogP contribution in [-0.4, -0.2) is 39.2 Å². The van der Waals surface area contributed by atoms with Crippen molar-refractivity contribution in [2.45, 2.75) is 38.9 Å². The van der Waals surface area contributed by atoms with E-state index in [1.165, 1.54) is 18.9 Å². The minimum Gasteiger partial charge on any atom is -0.469 e. The van der Waals surface area contributed by atoms with Crippen molar-refractivity contribution in [2.75, 3.05) is 12.9 Å². The van der Waals surface area contributed by atoms with Crippen LogP contribution >= 0.6 is 11.8 Å². The van der Waals surface area contributed by atoms with Crippen molar-refractivity contribution in [1.29, 1.82) is 0 Å². The molecule has 0 radical (unpaired) electrons. The number of carbonyl (C=O) groups excluding carboxylic acids is 2. The number of fused-ring (bicyclic) bond motifs is 1. The molecule has 0 saturated heterocycles. The van der Waals surface area contributed by atoms with E-state index < -0.39 is 0 Å². The molecule has 0 unspecified atom stereocenters. The van der Waals surface area contributed by atoms with E-state index in [4.69, 9.17) is 4.74 Å². The van der Waals surface area contributed by atoms with Gasteiger partial charge in [-0.15, -0.1) is 0 Å². The number of aryl methyl sites for hydroxylation is 2. The van der Waals surface area contributed by atoms with E-state index in [0.29, 0.717) is 17.9 Å². The second kappa shape index (κ2) is 8.00. The van der Waals surface area contributed by atoms with Crippen LogP contribution in [0.3, 0.4) is 0 Å². The van der Waals surface area contributed by atoms with E-state index in [2.05, 4.69) is 9.97 Å². The molecule has 0 aliphatic heterocycles. The smallest absolute Gasteiger partial charge is 0.307 e. The van der Waals surface area contributed by atoms with Gasteiger partial charge in [0.25, 0.3) is 0 Å². The second-order valence-corrected chi connectivity index (χ2v) is 7.50. The quantitative estimate of drug-likeness (QED) is 0.380. The van der Waals surface area contributed by atoms with Crippen LogP contribution in [0.4, 0.5) is 0 Å². The summed E-state index contributed by atoms with van der Waals surface area (Å²) in [5.74, 6) is 0.0974. The van der Waals surface area contributed by atoms with Crippen molar-refractivity contribution < 1.29 is 14.3 Å². The van der Waals surface area contributed by atoms with Crippen molar-refractivity contribution >= 4 is 34.5 Å². The summed E-state index contributed by atoms with van der Waals surface area (Å²) >= 11 is 1.40. The third-order valence-electron chi connectivity index (χ3n) is 4.60. The monoisotopic (exact) mass is 385 g/mol. The molecule has 0 fully saturated rings. The van der Waals surface area contributed by atoms with E-state index in [1.807, 2.05) is 49.6 Å². The Morgan fingerprint density at radius 3 is 2.74 bits per heavy atom. The lowest BCUT2D eigenvalue weighted by Gasteiger charge is -2.08. The standard InChI is InChI=1S/C20H23N3O3S/c1-12-5-6-16-17(9-12)22-20(21-16)27-11-18(24)15-10-13(2)23(14(15)3)8-7-19(25)26-4/h5-6,9-10H,7-8,11H2,1-4H3,(H,21,22). The number of benzene rings is 1. The summed E-state index contributed by atoms with van der Waals surface area (Å²) in [6.45, 7) is 6.39. The molecule has 3 rings (SSSR count). The zero-order chi connectivity index (χ0) is 19.6. The first kappa shape index (κ1) is 19.2. The lowest BCUT2D eigenvalue weighted by Crippen LogP contribution is -2.10. The molecule has 0 aliphatic carbocycles. The summed E-state index contributed by atoms with van der Waals surface area (Å²) in [6.07, 6.45) is 0.285. The van der Waals surface area contributed by atoms with Gasteiger partial charge in [-0.2, -0.15) is 0 Å². The summed E-state index contributed by atoms with van der Waals surface area (Å²) in [5.41, 5.74) is 5.57. The largest absolute Gasteiger partial charge is 0.469 e. The molecular formula is C20H23N3O3S. The molecule has 2 heterocycles. The van der Waals surface area contributed by atoms with Gasteiger partial charge >= 0.3 is 5.97 Å². The molecule has 0 bridgehead atoms. The van der Waals surface area contributed by atoms with Crippen molar-refractivity contribution in [3.05, 3.63) is 46.8 Å². The van der Waals surface area contributed by atoms with Crippen LogP contribution < -0.4 is 0 Å². The number of ketones is 1. The first-order chi connectivity index (χ1) is 12.9. The number of aromatic amines is 1. The molecule has 0 aliphatic rings. The molecule has 142 valence electrons. The van der Waals surface area contributed by atoms with E-state index in [-0.39, 0.29) is 18.2 Å². The summed E-state index contributed by atoms with van der Waals surface area (Å²) in [4.78, 5) is 31.9. The number of nitrogens with one attached hydrogen (secondary N) is 1. The number of H-pyrrole nitrogens is 1. The first-order valence-corrected chi connectivity index (χ1v) is 9.73. The number of hydrogen-bond acceptors (Lipinski definition) is 5. The summed E-state index contributed by atoms with van der Waals surface area (Å²) < 4.78 is 6.68. The molecule has 1 aromatic carbocycles. The fourth-order valence-electron chi connectivity index (χ4n) is 3.11. The number of thioether (sulfide) groups is 1. The molecule has 1 N–H and O–H groups in total. The van der Waals surface area contributed by atoms with E-state index in [1.54, 1.807) is 0 Å². The van der Waals surface area contributed by atoms with Crippen molar-refractivity contribution in [3.63, 3.8) is 0 Å². The highest BCUT2D eigenvalue weighted by Gasteiger charge is 2.17. The minimum atomic E-state index is -0.258. The number of hydrogen-bond donors (Lipinski definition) is 1. The van der Waals surface area contributed by atoms with Crippen molar-refractivity contribution in [1.82, 2.24) is 14.5 Å². The SMILES string of the molecule is COC(=O)CCn1c(C)cc(C(=O)CSc2nc3ccc(C)cc3[nH]2)c1C. The van der Waals surface area contributed by atoms with Crippen LogP contribution in [0.1, 0.15) is 33.7 Å². The van der Waals surface area contributed by atoms with Crippen LogP contribution in [0.5, 0.6) is 0 Å². The van der Waals surface area contributed by atoms with Gasteiger partial charge in [0, 0.05) is 23.5 Å². The molecule has 0 spiro atoms. The maximum absolute atomic E-state index is 12.7. The predicted molar refractivity (Wildman–Crippen MR) is 106 cm³/mol. The van der Waals surface area contributed by atoms with Gasteiger partial charge in [-0.05, 0) is 44.5 Å². The van der Waals surface area contributed by atoms with E-state index in [9.17, 15) is 9.59 Å². The zero-order valence-corrected chi connectivity index (χ0v) is 16.8. The number of rotatable bonds is 7. The number of esters is 1. The second-order valence-electron chi connectivity index (χ2n) is 6.54. The van der Waals surface area contributed by atoms with Gasteiger partial charge in [-0.25, -0.2) is 4.98 Å². The Morgan fingerprint density at radius 1 is 1.22 bits per heavy atom. The number of nitrogens with zero attached hydrogens (tertiary/aromatic N) is 2. The van der Waals surface area contributed by atoms with Gasteiger partial charge in [0.1, 0.15) is 0 Å². The zero-order valence-electron chi connectivity index (χ0n) is 16.0. The number of imidazole rings is 1. The Balaban J connectivity index is 1.69. The van der Waals surface area contributed by atoms with Crippen LogP contribution in [0.25, 0.3) is 11.0 Å². The van der Waals surface area contributed by atoms with Crippen molar-refractivity contribution in [2.24, 2.45) is 0 Å². The maximum atomic E-state index is 12.7. The fraction of sp³-hybridized carbons (Fsp3) is 0.350. The Kier molecular flexibility index (Phi) is 5.70. The lowest BCUT2D eigenvalue weighted by atomic mass is 10.2. The van der Waals surface area contributed by atoms with Crippen LogP contribution in [0, 0.1) is 20.8 Å². The van der Waals surface area contributed by atoms with Gasteiger partial charge in [-0.1, -0.05) is 17.8 Å². The highest BCUT2D eigenvalue weighted by Crippen LogP contribution is 2.23. The Morgan fingerprint density at radius 2 is 2.00 bits per heavy atom. The predicted octanol–water partition coefficient (Wildman–Crippen LogP) is 3.83. The van der Waals surface area contributed by atoms with Gasteiger partial charge < -0.3 is 14.3 Å². The number of ether oxygens (including phenoxy) is 1. The first-order valence-electron chi connectivity index (χ1n) is 8.75. The number of methoxy groups -OCH3 is 1. The molecule has 0 saturated carbocycles. The average molecular weight is 385 g/mol. The fourth-order valence-corrected chi connectivity index (χ4v) is 3.88. The normalized spacial score (nSPS) is 11.1. The summed E-state index contributed by atoms with van der Waals surface area (Å²) in [6, 6.07) is 7.93. The Hall–Kier alpha value is -2.54. The van der Waals surface area contributed by atoms with Gasteiger partial charge in [0.2, 0.25) is 0 Å². The number of aromatic nitrogens is 3. The van der Waals surface area contributed by atoms with E-state index >= 15 is 0 Å². The number of Topliss-reactive ketones (excluding diaryl/α,β-unsaturated/α-hetero) is 1. The number of carbonyl (C=O) groups is 2. The van der Waals surface area contributed by atoms with Crippen molar-refractivity contribution in [3.8, 4) is 0 Å². The summed E-state index contributed by atoms with van der Waals surface area (Å²) in [5, 5.41) is 0.739. The third kappa shape index (κ3) is 4.24. The van der Waals surface area contributed by atoms with Gasteiger partial charge in [-0.3, -0.25) is 9.59 Å². The van der Waals surface area contributed by atoms with Crippen LogP contribution in [0.15, 0.2) is 29.4 Å². The maximum Gasteiger partial charge on any atom is 0.307 e. The highest BCUT2D eigenvalue weighted by atomic mass is 32.2. The topological polar surface area (TPSA) is 77.0 Å². The third-order valence-corrected chi connectivity index (χ3v) is 5.47. The lowest BCUT2D eigenvalue weighted by molar-refractivity contribution is -0.140. The molecule has 3 aromatic rings. The molecule has 27 heavy (non-hydrogen) atoms. The molecule has 0 amide bonds. The van der Waals surface area contributed by atoms with Gasteiger partial charge in [0.05, 0.1) is 30.3 Å². The molecule has 0 atom stereocenters. The van der Waals surface area contributed by atoms with E-state index in [0.717, 1.165) is 33.1 Å². The molecular weight excluding hydrogens is 362 g/mol. The minimum absolute atomic E-state index is 0.0501. The van der Waals surface area contributed by atoms with Crippen LogP contribution in [-0.2, 0) is 16.1 Å². The molecule has 2 aromatic heterocycles. The average Bonchev–Trinajstić information content (AvgIpc) is 3.17. The Labute approximate surface area is 162 Å². The Bertz CT molecular complexity index is 1000. The molecule has 7 heteroatoms. The molecule has 6 nitrogen and oxygen atoms in total. The van der Waals surface area contributed by atoms with Gasteiger partial charge in [0.15, 0.2) is 10.9 Å². The summed E-state index contributed by atoms with van der Waals surface area (Å²) in [7, 11) is 1.38.